The Balaban J connectivity index is 1.88. The van der Waals surface area contributed by atoms with Gasteiger partial charge in [-0.1, -0.05) is 31.9 Å². The minimum Gasteiger partial charge on any atom is -0.366 e. The molecule has 0 unspecified atom stereocenters. The third-order valence-corrected chi connectivity index (χ3v) is 3.97. The number of rotatable bonds is 5. The first-order valence-electron chi connectivity index (χ1n) is 7.67. The van der Waals surface area contributed by atoms with Crippen molar-refractivity contribution in [2.75, 3.05) is 31.1 Å². The topological polar surface area (TPSA) is 49.6 Å². The van der Waals surface area contributed by atoms with E-state index in [1.54, 1.807) is 17.0 Å². The average Bonchev–Trinajstić information content (AvgIpc) is 2.52. The quantitative estimate of drug-likeness (QED) is 0.903. The van der Waals surface area contributed by atoms with Gasteiger partial charge >= 0.3 is 0 Å². The van der Waals surface area contributed by atoms with Crippen molar-refractivity contribution in [3.8, 4) is 0 Å². The van der Waals surface area contributed by atoms with E-state index < -0.39 is 6.04 Å². The van der Waals surface area contributed by atoms with E-state index in [0.717, 1.165) is 19.3 Å². The zero-order chi connectivity index (χ0) is 15.2. The van der Waals surface area contributed by atoms with Gasteiger partial charge in [-0.25, -0.2) is 4.39 Å². The summed E-state index contributed by atoms with van der Waals surface area (Å²) < 4.78 is 13.8. The number of piperazine rings is 1. The van der Waals surface area contributed by atoms with Crippen molar-refractivity contribution in [1.82, 2.24) is 4.90 Å². The first-order chi connectivity index (χ1) is 10.1. The molecule has 1 aliphatic rings. The Labute approximate surface area is 125 Å². The Bertz CT molecular complexity index is 472. The van der Waals surface area contributed by atoms with Crippen LogP contribution in [-0.4, -0.2) is 43.0 Å². The van der Waals surface area contributed by atoms with Gasteiger partial charge in [0.25, 0.3) is 0 Å². The van der Waals surface area contributed by atoms with Crippen LogP contribution in [0.25, 0.3) is 0 Å². The minimum atomic E-state index is -0.398. The molecule has 2 rings (SSSR count). The van der Waals surface area contributed by atoms with E-state index in [1.807, 2.05) is 11.0 Å². The molecule has 0 aliphatic carbocycles. The summed E-state index contributed by atoms with van der Waals surface area (Å²) in [6.07, 6.45) is 2.76. The molecule has 5 heteroatoms. The number of benzene rings is 1. The molecule has 1 aromatic rings. The van der Waals surface area contributed by atoms with Gasteiger partial charge in [-0.05, 0) is 18.6 Å². The van der Waals surface area contributed by atoms with Gasteiger partial charge < -0.3 is 15.5 Å². The lowest BCUT2D eigenvalue weighted by molar-refractivity contribution is -0.133. The Kier molecular flexibility index (Phi) is 5.56. The normalized spacial score (nSPS) is 16.9. The molecule has 21 heavy (non-hydrogen) atoms. The number of carbonyl (C=O) groups is 1. The monoisotopic (exact) mass is 293 g/mol. The molecular weight excluding hydrogens is 269 g/mol. The van der Waals surface area contributed by atoms with Gasteiger partial charge in [0, 0.05) is 26.2 Å². The molecule has 0 aromatic heterocycles. The van der Waals surface area contributed by atoms with Gasteiger partial charge in [0.1, 0.15) is 5.82 Å². The van der Waals surface area contributed by atoms with Crippen LogP contribution in [0.3, 0.4) is 0 Å². The van der Waals surface area contributed by atoms with Gasteiger partial charge in [0.05, 0.1) is 11.7 Å². The van der Waals surface area contributed by atoms with Crippen molar-refractivity contribution in [2.24, 2.45) is 5.73 Å². The summed E-state index contributed by atoms with van der Waals surface area (Å²) >= 11 is 0. The molecule has 1 fully saturated rings. The predicted molar refractivity (Wildman–Crippen MR) is 82.7 cm³/mol. The SMILES string of the molecule is CCCC[C@H](N)C(=O)N1CCN(c2ccccc2F)CC1. The van der Waals surface area contributed by atoms with Crippen molar-refractivity contribution in [3.05, 3.63) is 30.1 Å². The van der Waals surface area contributed by atoms with Crippen LogP contribution in [0.2, 0.25) is 0 Å². The largest absolute Gasteiger partial charge is 0.366 e. The number of halogens is 1. The van der Waals surface area contributed by atoms with Crippen LogP contribution in [0.1, 0.15) is 26.2 Å². The second kappa shape index (κ2) is 7.41. The highest BCUT2D eigenvalue weighted by Gasteiger charge is 2.25. The lowest BCUT2D eigenvalue weighted by Crippen LogP contribution is -2.53. The minimum absolute atomic E-state index is 0.0247. The first kappa shape index (κ1) is 15.8. The van der Waals surface area contributed by atoms with Crippen molar-refractivity contribution in [1.29, 1.82) is 0 Å². The van der Waals surface area contributed by atoms with E-state index in [9.17, 15) is 9.18 Å². The van der Waals surface area contributed by atoms with E-state index in [2.05, 4.69) is 6.92 Å². The molecule has 0 bridgehead atoms. The summed E-state index contributed by atoms with van der Waals surface area (Å²) in [5.41, 5.74) is 6.55. The maximum Gasteiger partial charge on any atom is 0.239 e. The van der Waals surface area contributed by atoms with Crippen molar-refractivity contribution in [3.63, 3.8) is 0 Å². The number of unbranched alkanes of at least 4 members (excludes halogenated alkanes) is 1. The Morgan fingerprint density at radius 1 is 1.29 bits per heavy atom. The number of nitrogens with two attached hydrogens (primary N) is 1. The van der Waals surface area contributed by atoms with Gasteiger partial charge in [0.15, 0.2) is 0 Å². The zero-order valence-electron chi connectivity index (χ0n) is 12.6. The number of amides is 1. The van der Waals surface area contributed by atoms with Crippen LogP contribution >= 0.6 is 0 Å². The number of para-hydroxylation sites is 1. The summed E-state index contributed by atoms with van der Waals surface area (Å²) in [5.74, 6) is -0.187. The lowest BCUT2D eigenvalue weighted by atomic mass is 10.1. The maximum atomic E-state index is 13.8. The van der Waals surface area contributed by atoms with Crippen molar-refractivity contribution < 1.29 is 9.18 Å². The molecule has 1 atom stereocenters. The van der Waals surface area contributed by atoms with Gasteiger partial charge in [-0.2, -0.15) is 0 Å². The third kappa shape index (κ3) is 3.94. The van der Waals surface area contributed by atoms with Crippen LogP contribution in [0.4, 0.5) is 10.1 Å². The molecule has 2 N–H and O–H groups in total. The number of hydrogen-bond acceptors (Lipinski definition) is 3. The van der Waals surface area contributed by atoms with Crippen LogP contribution < -0.4 is 10.6 Å². The third-order valence-electron chi connectivity index (χ3n) is 3.97. The molecule has 116 valence electrons. The van der Waals surface area contributed by atoms with Crippen LogP contribution in [0.15, 0.2) is 24.3 Å². The summed E-state index contributed by atoms with van der Waals surface area (Å²) in [7, 11) is 0. The second-order valence-corrected chi connectivity index (χ2v) is 5.51. The Hall–Kier alpha value is -1.62. The summed E-state index contributed by atoms with van der Waals surface area (Å²) in [5, 5.41) is 0. The van der Waals surface area contributed by atoms with Crippen LogP contribution in [0, 0.1) is 5.82 Å². The van der Waals surface area contributed by atoms with Crippen LogP contribution in [-0.2, 0) is 4.79 Å². The fourth-order valence-corrected chi connectivity index (χ4v) is 2.66. The standard InChI is InChI=1S/C16H24FN3O/c1-2-3-7-14(18)16(21)20-11-9-19(10-12-20)15-8-5-4-6-13(15)17/h4-6,8,14H,2-3,7,9-12,18H2,1H3/t14-/m0/s1. The molecule has 0 radical (unpaired) electrons. The molecule has 1 aromatic carbocycles. The molecule has 0 saturated carbocycles. The second-order valence-electron chi connectivity index (χ2n) is 5.51. The van der Waals surface area contributed by atoms with Gasteiger partial charge in [-0.15, -0.1) is 0 Å². The fourth-order valence-electron chi connectivity index (χ4n) is 2.66. The Morgan fingerprint density at radius 3 is 2.57 bits per heavy atom. The highest BCUT2D eigenvalue weighted by atomic mass is 19.1. The van der Waals surface area contributed by atoms with Crippen molar-refractivity contribution >= 4 is 11.6 Å². The Morgan fingerprint density at radius 2 is 1.95 bits per heavy atom. The smallest absolute Gasteiger partial charge is 0.239 e. The van der Waals surface area contributed by atoms with Crippen molar-refractivity contribution in [2.45, 2.75) is 32.2 Å². The van der Waals surface area contributed by atoms with E-state index >= 15 is 0 Å². The molecule has 1 aliphatic heterocycles. The lowest BCUT2D eigenvalue weighted by Gasteiger charge is -2.37. The molecule has 1 saturated heterocycles. The van der Waals surface area contributed by atoms with Gasteiger partial charge in [-0.3, -0.25) is 4.79 Å². The highest BCUT2D eigenvalue weighted by molar-refractivity contribution is 5.81. The molecule has 1 amide bonds. The number of hydrogen-bond donors (Lipinski definition) is 1. The molecule has 1 heterocycles. The van der Waals surface area contributed by atoms with E-state index in [4.69, 9.17) is 5.73 Å². The number of nitrogens with zero attached hydrogens (tertiary/aromatic N) is 2. The summed E-state index contributed by atoms with van der Waals surface area (Å²) in [6, 6.07) is 6.36. The summed E-state index contributed by atoms with van der Waals surface area (Å²) in [6.45, 7) is 4.59. The molecular formula is C16H24FN3O. The van der Waals surface area contributed by atoms with Crippen LogP contribution in [0.5, 0.6) is 0 Å². The molecule has 4 nitrogen and oxygen atoms in total. The maximum absolute atomic E-state index is 13.8. The highest BCUT2D eigenvalue weighted by Crippen LogP contribution is 2.20. The molecule has 0 spiro atoms. The first-order valence-corrected chi connectivity index (χ1v) is 7.67. The predicted octanol–water partition coefficient (Wildman–Crippen LogP) is 1.99. The van der Waals surface area contributed by atoms with E-state index in [1.165, 1.54) is 6.07 Å². The van der Waals surface area contributed by atoms with E-state index in [-0.39, 0.29) is 11.7 Å². The van der Waals surface area contributed by atoms with Gasteiger partial charge in [0.2, 0.25) is 5.91 Å². The number of carbonyl (C=O) groups excluding carboxylic acids is 1. The van der Waals surface area contributed by atoms with E-state index in [0.29, 0.717) is 31.9 Å². The summed E-state index contributed by atoms with van der Waals surface area (Å²) in [4.78, 5) is 16.0. The fraction of sp³-hybridized carbons (Fsp3) is 0.562. The average molecular weight is 293 g/mol. The number of anilines is 1. The zero-order valence-corrected chi connectivity index (χ0v) is 12.6.